The summed E-state index contributed by atoms with van der Waals surface area (Å²) in [6, 6.07) is 18.7. The highest BCUT2D eigenvalue weighted by Gasteiger charge is 2.23. The van der Waals surface area contributed by atoms with Crippen molar-refractivity contribution in [3.63, 3.8) is 0 Å². The van der Waals surface area contributed by atoms with Gasteiger partial charge in [-0.1, -0.05) is 24.3 Å². The number of rotatable bonds is 7. The summed E-state index contributed by atoms with van der Waals surface area (Å²) < 4.78 is 44.8. The van der Waals surface area contributed by atoms with Gasteiger partial charge in [-0.05, 0) is 54.6 Å². The minimum Gasteiger partial charge on any atom is -0.454 e. The van der Waals surface area contributed by atoms with Crippen molar-refractivity contribution in [2.24, 2.45) is 0 Å². The number of ketones is 1. The zero-order chi connectivity index (χ0) is 21.7. The minimum atomic E-state index is -3.90. The number of anilines is 1. The number of sulfonamides is 1. The second kappa shape index (κ2) is 8.87. The lowest BCUT2D eigenvalue weighted by atomic mass is 10.1. The third-order valence-corrected chi connectivity index (χ3v) is 6.13. The van der Waals surface area contributed by atoms with Gasteiger partial charge in [0.25, 0.3) is 10.0 Å². The Bertz CT molecular complexity index is 1160. The highest BCUT2D eigenvalue weighted by Crippen LogP contribution is 2.22. The zero-order valence-corrected chi connectivity index (χ0v) is 16.8. The number of hydrogen-bond donors (Lipinski definition) is 0. The van der Waals surface area contributed by atoms with Crippen LogP contribution in [-0.2, 0) is 14.8 Å². The summed E-state index contributed by atoms with van der Waals surface area (Å²) >= 11 is 0. The Kier molecular flexibility index (Phi) is 6.27. The van der Waals surface area contributed by atoms with Gasteiger partial charge in [-0.3, -0.25) is 9.10 Å². The van der Waals surface area contributed by atoms with Gasteiger partial charge in [0, 0.05) is 12.6 Å². The van der Waals surface area contributed by atoms with Gasteiger partial charge in [0.2, 0.25) is 0 Å². The van der Waals surface area contributed by atoms with Crippen LogP contribution in [0.2, 0.25) is 0 Å². The summed E-state index contributed by atoms with van der Waals surface area (Å²) in [7, 11) is -2.49. The molecular formula is C22H18FNO5S. The van der Waals surface area contributed by atoms with Crippen molar-refractivity contribution >= 4 is 27.5 Å². The standard InChI is InChI=1S/C22H18FNO5S/c1-24(19-7-3-2-4-8-19)30(27,28)20-9-5-6-17(14-20)22(26)29-15-21(25)16-10-12-18(23)13-11-16/h2-14H,15H2,1H3. The molecule has 3 rings (SSSR count). The Balaban J connectivity index is 1.73. The SMILES string of the molecule is CN(c1ccccc1)S(=O)(=O)c1cccc(C(=O)OCC(=O)c2ccc(F)cc2)c1. The molecule has 154 valence electrons. The molecule has 8 heteroatoms. The lowest BCUT2D eigenvalue weighted by Gasteiger charge is -2.19. The maximum atomic E-state index is 12.9. The second-order valence-corrected chi connectivity index (χ2v) is 8.31. The molecule has 0 fully saturated rings. The molecule has 0 spiro atoms. The summed E-state index contributed by atoms with van der Waals surface area (Å²) in [6.07, 6.45) is 0. The average molecular weight is 427 g/mol. The number of ether oxygens (including phenoxy) is 1. The molecule has 0 aliphatic rings. The van der Waals surface area contributed by atoms with Gasteiger partial charge in [0.15, 0.2) is 12.4 Å². The summed E-state index contributed by atoms with van der Waals surface area (Å²) in [5.41, 5.74) is 0.657. The van der Waals surface area contributed by atoms with Gasteiger partial charge in [0.1, 0.15) is 5.82 Å². The van der Waals surface area contributed by atoms with Crippen LogP contribution in [0, 0.1) is 5.82 Å². The molecule has 6 nitrogen and oxygen atoms in total. The van der Waals surface area contributed by atoms with E-state index in [1.54, 1.807) is 30.3 Å². The molecule has 0 unspecified atom stereocenters. The van der Waals surface area contributed by atoms with Crippen molar-refractivity contribution in [2.75, 3.05) is 18.0 Å². The van der Waals surface area contributed by atoms with Crippen molar-refractivity contribution < 1.29 is 27.1 Å². The molecule has 0 saturated carbocycles. The summed E-state index contributed by atoms with van der Waals surface area (Å²) in [5, 5.41) is 0. The molecule has 3 aromatic carbocycles. The first-order valence-corrected chi connectivity index (χ1v) is 10.3. The van der Waals surface area contributed by atoms with E-state index in [0.717, 1.165) is 16.4 Å². The molecule has 0 atom stereocenters. The Hall–Kier alpha value is -3.52. The number of para-hydroxylation sites is 1. The molecule has 0 amide bonds. The normalized spacial score (nSPS) is 11.0. The molecule has 0 bridgehead atoms. The maximum absolute atomic E-state index is 12.9. The molecule has 0 heterocycles. The molecule has 0 saturated heterocycles. The zero-order valence-electron chi connectivity index (χ0n) is 16.0. The van der Waals surface area contributed by atoms with Crippen LogP contribution in [0.4, 0.5) is 10.1 Å². The molecule has 0 radical (unpaired) electrons. The van der Waals surface area contributed by atoms with Crippen LogP contribution in [0.1, 0.15) is 20.7 Å². The largest absolute Gasteiger partial charge is 0.454 e. The predicted octanol–water partition coefficient (Wildman–Crippen LogP) is 3.69. The van der Waals surface area contributed by atoms with Crippen LogP contribution in [0.15, 0.2) is 83.8 Å². The fourth-order valence-electron chi connectivity index (χ4n) is 2.65. The van der Waals surface area contributed by atoms with E-state index in [1.807, 2.05) is 0 Å². The topological polar surface area (TPSA) is 80.8 Å². The number of esters is 1. The number of carbonyl (C=O) groups excluding carboxylic acids is 2. The van der Waals surface area contributed by atoms with E-state index < -0.39 is 34.2 Å². The molecular weight excluding hydrogens is 409 g/mol. The number of hydrogen-bond acceptors (Lipinski definition) is 5. The van der Waals surface area contributed by atoms with Crippen LogP contribution in [0.25, 0.3) is 0 Å². The van der Waals surface area contributed by atoms with E-state index in [1.165, 1.54) is 43.4 Å². The smallest absolute Gasteiger partial charge is 0.338 e. The van der Waals surface area contributed by atoms with E-state index >= 15 is 0 Å². The summed E-state index contributed by atoms with van der Waals surface area (Å²) in [4.78, 5) is 24.3. The maximum Gasteiger partial charge on any atom is 0.338 e. The van der Waals surface area contributed by atoms with Crippen LogP contribution in [0.3, 0.4) is 0 Å². The van der Waals surface area contributed by atoms with Crippen molar-refractivity contribution in [1.29, 1.82) is 0 Å². The van der Waals surface area contributed by atoms with Crippen molar-refractivity contribution in [2.45, 2.75) is 4.90 Å². The van der Waals surface area contributed by atoms with Crippen LogP contribution in [0.5, 0.6) is 0 Å². The lowest BCUT2D eigenvalue weighted by Crippen LogP contribution is -2.26. The quantitative estimate of drug-likeness (QED) is 0.424. The first kappa shape index (κ1) is 21.2. The Labute approximate surface area is 173 Å². The van der Waals surface area contributed by atoms with E-state index in [2.05, 4.69) is 0 Å². The third kappa shape index (κ3) is 4.72. The second-order valence-electron chi connectivity index (χ2n) is 6.34. The molecule has 30 heavy (non-hydrogen) atoms. The monoisotopic (exact) mass is 427 g/mol. The first-order valence-electron chi connectivity index (χ1n) is 8.89. The van der Waals surface area contributed by atoms with Crippen LogP contribution >= 0.6 is 0 Å². The number of carbonyl (C=O) groups is 2. The molecule has 0 N–H and O–H groups in total. The third-order valence-electron chi connectivity index (χ3n) is 4.35. The number of Topliss-reactive ketones (excluding diaryl/α,β-unsaturated/α-hetero) is 1. The fourth-order valence-corrected chi connectivity index (χ4v) is 3.89. The fraction of sp³-hybridized carbons (Fsp3) is 0.0909. The molecule has 0 aromatic heterocycles. The van der Waals surface area contributed by atoms with Crippen LogP contribution in [-0.4, -0.2) is 33.8 Å². The molecule has 0 aliphatic heterocycles. The minimum absolute atomic E-state index is 0.00978. The van der Waals surface area contributed by atoms with Gasteiger partial charge >= 0.3 is 5.97 Å². The highest BCUT2D eigenvalue weighted by atomic mass is 32.2. The number of halogens is 1. The molecule has 3 aromatic rings. The van der Waals surface area contributed by atoms with Crippen molar-refractivity contribution in [3.8, 4) is 0 Å². The van der Waals surface area contributed by atoms with Crippen molar-refractivity contribution in [3.05, 3.63) is 95.8 Å². The van der Waals surface area contributed by atoms with E-state index in [-0.39, 0.29) is 16.0 Å². The Morgan fingerprint density at radius 2 is 1.57 bits per heavy atom. The number of nitrogens with zero attached hydrogens (tertiary/aromatic N) is 1. The van der Waals surface area contributed by atoms with Gasteiger partial charge in [-0.2, -0.15) is 0 Å². The lowest BCUT2D eigenvalue weighted by molar-refractivity contribution is 0.0474. The Morgan fingerprint density at radius 3 is 2.23 bits per heavy atom. The predicted molar refractivity (Wildman–Crippen MR) is 109 cm³/mol. The molecule has 0 aliphatic carbocycles. The van der Waals surface area contributed by atoms with E-state index in [4.69, 9.17) is 4.74 Å². The summed E-state index contributed by atoms with van der Waals surface area (Å²) in [5.74, 6) is -1.83. The highest BCUT2D eigenvalue weighted by molar-refractivity contribution is 7.92. The Morgan fingerprint density at radius 1 is 0.900 bits per heavy atom. The average Bonchev–Trinajstić information content (AvgIpc) is 2.77. The number of benzene rings is 3. The van der Waals surface area contributed by atoms with E-state index in [9.17, 15) is 22.4 Å². The van der Waals surface area contributed by atoms with Gasteiger partial charge in [-0.25, -0.2) is 17.6 Å². The van der Waals surface area contributed by atoms with Gasteiger partial charge < -0.3 is 4.74 Å². The van der Waals surface area contributed by atoms with Crippen molar-refractivity contribution in [1.82, 2.24) is 0 Å². The van der Waals surface area contributed by atoms with Gasteiger partial charge in [-0.15, -0.1) is 0 Å². The van der Waals surface area contributed by atoms with Gasteiger partial charge in [0.05, 0.1) is 16.1 Å². The van der Waals surface area contributed by atoms with E-state index in [0.29, 0.717) is 5.69 Å². The first-order chi connectivity index (χ1) is 14.3. The summed E-state index contributed by atoms with van der Waals surface area (Å²) in [6.45, 7) is -0.550. The van der Waals surface area contributed by atoms with Crippen LogP contribution < -0.4 is 4.31 Å².